The number of aliphatic carboxylic acids is 1. The maximum atomic E-state index is 10.7. The predicted molar refractivity (Wildman–Crippen MR) is 134 cm³/mol. The Morgan fingerprint density at radius 3 is 2.61 bits per heavy atom. The van der Waals surface area contributed by atoms with Gasteiger partial charge < -0.3 is 15.3 Å². The van der Waals surface area contributed by atoms with E-state index in [0.29, 0.717) is 19.7 Å². The number of rotatable bonds is 11. The number of oxime groups is 1. The Balaban J connectivity index is 1.56. The van der Waals surface area contributed by atoms with Crippen LogP contribution in [-0.2, 0) is 29.2 Å². The number of nitrogens with one attached hydrogen (secondary N) is 1. The van der Waals surface area contributed by atoms with E-state index in [1.807, 2.05) is 6.92 Å². The molecule has 2 aromatic carbocycles. The topological polar surface area (TPSA) is 70.9 Å². The molecular formula is C28H38N2O3. The molecule has 1 saturated carbocycles. The molecule has 5 heteroatoms. The third-order valence-corrected chi connectivity index (χ3v) is 6.65. The summed E-state index contributed by atoms with van der Waals surface area (Å²) in [7, 11) is 0. The Morgan fingerprint density at radius 1 is 1.12 bits per heavy atom. The van der Waals surface area contributed by atoms with E-state index in [0.717, 1.165) is 29.2 Å². The molecule has 33 heavy (non-hydrogen) atoms. The van der Waals surface area contributed by atoms with Crippen LogP contribution in [0.4, 0.5) is 0 Å². The highest BCUT2D eigenvalue weighted by atomic mass is 16.6. The molecule has 178 valence electrons. The van der Waals surface area contributed by atoms with Crippen LogP contribution in [0.3, 0.4) is 0 Å². The highest BCUT2D eigenvalue weighted by Gasteiger charge is 2.17. The Labute approximate surface area is 198 Å². The van der Waals surface area contributed by atoms with Gasteiger partial charge in [0.1, 0.15) is 6.61 Å². The summed E-state index contributed by atoms with van der Waals surface area (Å²) in [5.41, 5.74) is 8.34. The first-order valence-corrected chi connectivity index (χ1v) is 12.3. The standard InChI is InChI=1S/C28H38N2O3/c1-4-23-17-25(11-12-26(23)18-29-15-14-28(31)32)21(3)30-33-19-22-10-13-27(20(2)16-22)24-8-6-5-7-9-24/h10-13,16-17,24,29H,4-9,14-15,18-19H2,1-3H3,(H,31,32). The quantitative estimate of drug-likeness (QED) is 0.246. The first-order chi connectivity index (χ1) is 16.0. The molecule has 2 N–H and O–H groups in total. The average molecular weight is 451 g/mol. The zero-order chi connectivity index (χ0) is 23.6. The lowest BCUT2D eigenvalue weighted by atomic mass is 9.82. The van der Waals surface area contributed by atoms with Gasteiger partial charge in [0.2, 0.25) is 0 Å². The van der Waals surface area contributed by atoms with Gasteiger partial charge in [0.15, 0.2) is 0 Å². The van der Waals surface area contributed by atoms with E-state index < -0.39 is 5.97 Å². The molecule has 0 amide bonds. The van der Waals surface area contributed by atoms with Gasteiger partial charge in [-0.1, -0.05) is 61.7 Å². The normalized spacial score (nSPS) is 14.9. The number of carboxylic acid groups (broad SMARTS) is 1. The molecule has 1 aliphatic rings. The Bertz CT molecular complexity index is 962. The second-order valence-corrected chi connectivity index (χ2v) is 9.13. The van der Waals surface area contributed by atoms with Crippen molar-refractivity contribution in [1.29, 1.82) is 0 Å². The largest absolute Gasteiger partial charge is 0.481 e. The van der Waals surface area contributed by atoms with Crippen molar-refractivity contribution < 1.29 is 14.7 Å². The summed E-state index contributed by atoms with van der Waals surface area (Å²) in [5.74, 6) is -0.0622. The monoisotopic (exact) mass is 450 g/mol. The average Bonchev–Trinajstić information content (AvgIpc) is 2.82. The summed E-state index contributed by atoms with van der Waals surface area (Å²) in [6.07, 6.45) is 7.76. The van der Waals surface area contributed by atoms with Crippen LogP contribution in [0.2, 0.25) is 0 Å². The Hall–Kier alpha value is -2.66. The third-order valence-electron chi connectivity index (χ3n) is 6.65. The van der Waals surface area contributed by atoms with Crippen molar-refractivity contribution in [1.82, 2.24) is 5.32 Å². The van der Waals surface area contributed by atoms with Crippen LogP contribution in [0, 0.1) is 6.92 Å². The van der Waals surface area contributed by atoms with Gasteiger partial charge >= 0.3 is 5.97 Å². The smallest absolute Gasteiger partial charge is 0.304 e. The number of benzene rings is 2. The highest BCUT2D eigenvalue weighted by molar-refractivity contribution is 5.98. The van der Waals surface area contributed by atoms with Crippen molar-refractivity contribution >= 4 is 11.7 Å². The summed E-state index contributed by atoms with van der Waals surface area (Å²) in [5, 5.41) is 16.3. The molecule has 0 spiro atoms. The number of aryl methyl sites for hydroxylation is 2. The zero-order valence-electron chi connectivity index (χ0n) is 20.3. The van der Waals surface area contributed by atoms with Crippen molar-refractivity contribution in [3.8, 4) is 0 Å². The molecule has 0 bridgehead atoms. The minimum atomic E-state index is -0.782. The molecule has 0 atom stereocenters. The second kappa shape index (κ2) is 12.5. The highest BCUT2D eigenvalue weighted by Crippen LogP contribution is 2.34. The zero-order valence-corrected chi connectivity index (χ0v) is 20.3. The maximum Gasteiger partial charge on any atom is 0.304 e. The SMILES string of the molecule is CCc1cc(C(C)=NOCc2ccc(C3CCCCC3)c(C)c2)ccc1CNCCC(=O)O. The maximum absolute atomic E-state index is 10.7. The summed E-state index contributed by atoms with van der Waals surface area (Å²) in [6.45, 7) is 7.91. The van der Waals surface area contributed by atoms with Crippen LogP contribution in [0.5, 0.6) is 0 Å². The van der Waals surface area contributed by atoms with Crippen molar-refractivity contribution in [2.45, 2.75) is 84.8 Å². The fraction of sp³-hybridized carbons (Fsp3) is 0.500. The first-order valence-electron chi connectivity index (χ1n) is 12.3. The Kier molecular flexibility index (Phi) is 9.49. The van der Waals surface area contributed by atoms with Crippen molar-refractivity contribution in [2.75, 3.05) is 6.54 Å². The lowest BCUT2D eigenvalue weighted by molar-refractivity contribution is -0.136. The van der Waals surface area contributed by atoms with Gasteiger partial charge in [-0.2, -0.15) is 0 Å². The van der Waals surface area contributed by atoms with Crippen molar-refractivity contribution in [3.63, 3.8) is 0 Å². The summed E-state index contributed by atoms with van der Waals surface area (Å²) in [6, 6.07) is 13.0. The molecule has 2 aromatic rings. The number of carboxylic acids is 1. The molecule has 5 nitrogen and oxygen atoms in total. The van der Waals surface area contributed by atoms with Gasteiger partial charge in [-0.15, -0.1) is 0 Å². The van der Waals surface area contributed by atoms with Gasteiger partial charge in [0.05, 0.1) is 12.1 Å². The van der Waals surface area contributed by atoms with Crippen molar-refractivity contribution in [2.24, 2.45) is 5.16 Å². The van der Waals surface area contributed by atoms with Crippen LogP contribution in [0.15, 0.2) is 41.6 Å². The molecule has 3 rings (SSSR count). The molecule has 0 saturated heterocycles. The number of carbonyl (C=O) groups is 1. The summed E-state index contributed by atoms with van der Waals surface area (Å²) >= 11 is 0. The van der Waals surface area contributed by atoms with Gasteiger partial charge in [-0.3, -0.25) is 4.79 Å². The van der Waals surface area contributed by atoms with E-state index in [4.69, 9.17) is 9.94 Å². The first kappa shape index (κ1) is 25.0. The second-order valence-electron chi connectivity index (χ2n) is 9.13. The Morgan fingerprint density at radius 2 is 1.91 bits per heavy atom. The lowest BCUT2D eigenvalue weighted by Crippen LogP contribution is -2.18. The molecule has 0 heterocycles. The van der Waals surface area contributed by atoms with Gasteiger partial charge in [-0.05, 0) is 78.5 Å². The minimum absolute atomic E-state index is 0.130. The van der Waals surface area contributed by atoms with Crippen LogP contribution >= 0.6 is 0 Å². The van der Waals surface area contributed by atoms with Gasteiger partial charge in [-0.25, -0.2) is 0 Å². The van der Waals surface area contributed by atoms with Gasteiger partial charge in [0, 0.05) is 13.1 Å². The van der Waals surface area contributed by atoms with E-state index in [1.165, 1.54) is 54.4 Å². The minimum Gasteiger partial charge on any atom is -0.481 e. The molecule has 0 radical (unpaired) electrons. The van der Waals surface area contributed by atoms with Crippen molar-refractivity contribution in [3.05, 3.63) is 69.8 Å². The molecule has 0 unspecified atom stereocenters. The fourth-order valence-corrected chi connectivity index (χ4v) is 4.73. The van der Waals surface area contributed by atoms with E-state index in [1.54, 1.807) is 0 Å². The molecule has 0 aromatic heterocycles. The van der Waals surface area contributed by atoms with Crippen LogP contribution in [-0.4, -0.2) is 23.3 Å². The number of hydrogen-bond acceptors (Lipinski definition) is 4. The molecule has 1 fully saturated rings. The van der Waals surface area contributed by atoms with E-state index in [-0.39, 0.29) is 6.42 Å². The lowest BCUT2D eigenvalue weighted by Gasteiger charge is -2.23. The number of hydrogen-bond donors (Lipinski definition) is 2. The van der Waals surface area contributed by atoms with Gasteiger partial charge in [0.25, 0.3) is 0 Å². The van der Waals surface area contributed by atoms with Crippen LogP contribution in [0.25, 0.3) is 0 Å². The summed E-state index contributed by atoms with van der Waals surface area (Å²) < 4.78 is 0. The molecular weight excluding hydrogens is 412 g/mol. The number of nitrogens with zero attached hydrogens (tertiary/aromatic N) is 1. The predicted octanol–water partition coefficient (Wildman–Crippen LogP) is 6.11. The van der Waals surface area contributed by atoms with E-state index >= 15 is 0 Å². The van der Waals surface area contributed by atoms with Crippen LogP contribution < -0.4 is 5.32 Å². The fourth-order valence-electron chi connectivity index (χ4n) is 4.73. The van der Waals surface area contributed by atoms with Crippen LogP contribution in [0.1, 0.15) is 91.7 Å². The molecule has 1 aliphatic carbocycles. The third kappa shape index (κ3) is 7.43. The van der Waals surface area contributed by atoms with E-state index in [9.17, 15) is 4.79 Å². The van der Waals surface area contributed by atoms with E-state index in [2.05, 4.69) is 60.7 Å². The molecule has 0 aliphatic heterocycles. The summed E-state index contributed by atoms with van der Waals surface area (Å²) in [4.78, 5) is 16.4.